The van der Waals surface area contributed by atoms with Crippen LogP contribution in [0.2, 0.25) is 0 Å². The second kappa shape index (κ2) is 5.82. The lowest BCUT2D eigenvalue weighted by Gasteiger charge is -2.05. The zero-order valence-corrected chi connectivity index (χ0v) is 9.42. The molecule has 1 amide bonds. The number of terminal acetylenes is 1. The molecule has 0 saturated carbocycles. The maximum Gasteiger partial charge on any atom is 0.251 e. The summed E-state index contributed by atoms with van der Waals surface area (Å²) in [5.74, 6) is 2.35. The van der Waals surface area contributed by atoms with E-state index in [0.29, 0.717) is 23.4 Å². The summed E-state index contributed by atoms with van der Waals surface area (Å²) >= 11 is 0. The number of anilines is 1. The van der Waals surface area contributed by atoms with Gasteiger partial charge >= 0.3 is 0 Å². The molecule has 1 aromatic carbocycles. The molecule has 0 saturated heterocycles. The molecule has 0 radical (unpaired) electrons. The van der Waals surface area contributed by atoms with Crippen LogP contribution in [0.15, 0.2) is 18.2 Å². The molecule has 0 spiro atoms. The van der Waals surface area contributed by atoms with Crippen LogP contribution in [0, 0.1) is 12.3 Å². The van der Waals surface area contributed by atoms with Crippen molar-refractivity contribution >= 4 is 11.6 Å². The first-order valence-electron chi connectivity index (χ1n) is 5.33. The first-order valence-corrected chi connectivity index (χ1v) is 5.33. The van der Waals surface area contributed by atoms with E-state index < -0.39 is 0 Å². The van der Waals surface area contributed by atoms with Crippen LogP contribution in [0.3, 0.4) is 0 Å². The fourth-order valence-corrected chi connectivity index (χ4v) is 1.32. The molecular formula is C13H16N2O. The molecule has 0 bridgehead atoms. The molecule has 3 heteroatoms. The average molecular weight is 216 g/mol. The van der Waals surface area contributed by atoms with E-state index in [2.05, 4.69) is 18.2 Å². The highest BCUT2D eigenvalue weighted by Crippen LogP contribution is 2.12. The van der Waals surface area contributed by atoms with Crippen molar-refractivity contribution in [1.82, 2.24) is 5.32 Å². The summed E-state index contributed by atoms with van der Waals surface area (Å²) in [4.78, 5) is 11.7. The van der Waals surface area contributed by atoms with Gasteiger partial charge < -0.3 is 11.1 Å². The van der Waals surface area contributed by atoms with Gasteiger partial charge in [0.2, 0.25) is 0 Å². The van der Waals surface area contributed by atoms with Gasteiger partial charge in [0.15, 0.2) is 0 Å². The normalized spacial score (nSPS) is 9.50. The van der Waals surface area contributed by atoms with Crippen LogP contribution in [0.25, 0.3) is 0 Å². The molecule has 3 nitrogen and oxygen atoms in total. The number of nitrogen functional groups attached to an aromatic ring is 1. The van der Waals surface area contributed by atoms with Crippen LogP contribution < -0.4 is 11.1 Å². The summed E-state index contributed by atoms with van der Waals surface area (Å²) in [6, 6.07) is 4.98. The Morgan fingerprint density at radius 3 is 2.88 bits per heavy atom. The maximum atomic E-state index is 11.7. The van der Waals surface area contributed by atoms with Gasteiger partial charge in [0.25, 0.3) is 5.91 Å². The number of rotatable bonds is 4. The highest BCUT2D eigenvalue weighted by atomic mass is 16.1. The van der Waals surface area contributed by atoms with Crippen molar-refractivity contribution < 1.29 is 4.79 Å². The van der Waals surface area contributed by atoms with Gasteiger partial charge in [-0.2, -0.15) is 0 Å². The number of amides is 1. The van der Waals surface area contributed by atoms with Crippen LogP contribution >= 0.6 is 0 Å². The van der Waals surface area contributed by atoms with Crippen LogP contribution in [0.1, 0.15) is 35.7 Å². The lowest BCUT2D eigenvalue weighted by molar-refractivity contribution is 0.0953. The Morgan fingerprint density at radius 1 is 1.56 bits per heavy atom. The molecule has 0 heterocycles. The van der Waals surface area contributed by atoms with E-state index in [9.17, 15) is 4.79 Å². The molecule has 0 aromatic heterocycles. The van der Waals surface area contributed by atoms with Gasteiger partial charge in [-0.3, -0.25) is 4.79 Å². The Morgan fingerprint density at radius 2 is 2.31 bits per heavy atom. The number of benzene rings is 1. The van der Waals surface area contributed by atoms with Crippen LogP contribution in [0.4, 0.5) is 5.69 Å². The minimum absolute atomic E-state index is 0.108. The van der Waals surface area contributed by atoms with Crippen molar-refractivity contribution in [1.29, 1.82) is 0 Å². The number of hydrogen-bond donors (Lipinski definition) is 2. The van der Waals surface area contributed by atoms with Gasteiger partial charge in [-0.05, 0) is 24.6 Å². The highest BCUT2D eigenvalue weighted by molar-refractivity contribution is 5.95. The predicted octanol–water partition coefficient (Wildman–Crippen LogP) is 1.78. The first-order chi connectivity index (χ1) is 7.69. The molecule has 3 N–H and O–H groups in total. The topological polar surface area (TPSA) is 55.1 Å². The Labute approximate surface area is 96.0 Å². The van der Waals surface area contributed by atoms with Gasteiger partial charge in [-0.1, -0.05) is 19.3 Å². The van der Waals surface area contributed by atoms with Gasteiger partial charge in [0.1, 0.15) is 0 Å². The number of nitrogens with two attached hydrogens (primary N) is 1. The minimum Gasteiger partial charge on any atom is -0.398 e. The first kappa shape index (κ1) is 12.1. The number of hydrogen-bond acceptors (Lipinski definition) is 2. The van der Waals surface area contributed by atoms with Crippen molar-refractivity contribution in [3.63, 3.8) is 0 Å². The summed E-state index contributed by atoms with van der Waals surface area (Å²) in [6.45, 7) is 2.76. The van der Waals surface area contributed by atoms with Crippen molar-refractivity contribution in [3.05, 3.63) is 29.3 Å². The minimum atomic E-state index is -0.108. The molecule has 1 rings (SSSR count). The van der Waals surface area contributed by atoms with Crippen LogP contribution in [-0.2, 0) is 0 Å². The number of carbonyl (C=O) groups is 1. The summed E-state index contributed by atoms with van der Waals surface area (Å²) in [5, 5.41) is 2.82. The van der Waals surface area contributed by atoms with E-state index >= 15 is 0 Å². The lowest BCUT2D eigenvalue weighted by atomic mass is 10.1. The van der Waals surface area contributed by atoms with E-state index in [1.54, 1.807) is 18.2 Å². The molecule has 1 aromatic rings. The number of carbonyl (C=O) groups excluding carboxylic acids is 1. The molecular weight excluding hydrogens is 200 g/mol. The fraction of sp³-hybridized carbons (Fsp3) is 0.308. The zero-order valence-electron chi connectivity index (χ0n) is 9.42. The quantitative estimate of drug-likeness (QED) is 0.458. The Balaban J connectivity index is 2.70. The third kappa shape index (κ3) is 3.03. The largest absolute Gasteiger partial charge is 0.398 e. The molecule has 84 valence electrons. The second-order valence-electron chi connectivity index (χ2n) is 3.56. The predicted molar refractivity (Wildman–Crippen MR) is 66.0 cm³/mol. The average Bonchev–Trinajstić information content (AvgIpc) is 2.29. The van der Waals surface area contributed by atoms with Crippen LogP contribution in [-0.4, -0.2) is 12.5 Å². The van der Waals surface area contributed by atoms with Gasteiger partial charge in [-0.15, -0.1) is 6.42 Å². The van der Waals surface area contributed by atoms with E-state index in [1.807, 2.05) is 0 Å². The Hall–Kier alpha value is -1.95. The molecule has 0 fully saturated rings. The molecule has 0 aliphatic heterocycles. The number of unbranched alkanes of at least 4 members (excludes halogenated alkanes) is 1. The standard InChI is InChI=1S/C13H16N2O/c1-3-5-8-15-13(16)11-7-6-10(4-2)12(14)9-11/h2,6-7,9H,3,5,8,14H2,1H3,(H,15,16). The Kier molecular flexibility index (Phi) is 4.41. The van der Waals surface area contributed by atoms with Crippen molar-refractivity contribution in [2.45, 2.75) is 19.8 Å². The Bertz CT molecular complexity index is 418. The SMILES string of the molecule is C#Cc1ccc(C(=O)NCCCC)cc1N. The van der Waals surface area contributed by atoms with Crippen molar-refractivity contribution in [3.8, 4) is 12.3 Å². The zero-order chi connectivity index (χ0) is 12.0. The molecule has 0 atom stereocenters. The summed E-state index contributed by atoms with van der Waals surface area (Å²) in [7, 11) is 0. The smallest absolute Gasteiger partial charge is 0.251 e. The third-order valence-corrected chi connectivity index (χ3v) is 2.29. The second-order valence-corrected chi connectivity index (χ2v) is 3.56. The molecule has 16 heavy (non-hydrogen) atoms. The van der Waals surface area contributed by atoms with Crippen molar-refractivity contribution in [2.24, 2.45) is 0 Å². The van der Waals surface area contributed by atoms with Crippen molar-refractivity contribution in [2.75, 3.05) is 12.3 Å². The maximum absolute atomic E-state index is 11.7. The third-order valence-electron chi connectivity index (χ3n) is 2.29. The monoisotopic (exact) mass is 216 g/mol. The number of nitrogens with one attached hydrogen (secondary N) is 1. The van der Waals surface area contributed by atoms with Gasteiger partial charge in [0.05, 0.1) is 0 Å². The summed E-state index contributed by atoms with van der Waals surface area (Å²) in [5.41, 5.74) is 7.33. The molecule has 0 aliphatic rings. The van der Waals surface area contributed by atoms with Crippen LogP contribution in [0.5, 0.6) is 0 Å². The molecule has 0 aliphatic carbocycles. The lowest BCUT2D eigenvalue weighted by Crippen LogP contribution is -2.24. The van der Waals surface area contributed by atoms with E-state index in [-0.39, 0.29) is 5.91 Å². The van der Waals surface area contributed by atoms with Gasteiger partial charge in [0, 0.05) is 23.4 Å². The van der Waals surface area contributed by atoms with E-state index in [0.717, 1.165) is 12.8 Å². The fourth-order valence-electron chi connectivity index (χ4n) is 1.32. The summed E-state index contributed by atoms with van der Waals surface area (Å²) in [6.07, 6.45) is 7.27. The van der Waals surface area contributed by atoms with Gasteiger partial charge in [-0.25, -0.2) is 0 Å². The van der Waals surface area contributed by atoms with E-state index in [1.165, 1.54) is 0 Å². The molecule has 0 unspecified atom stereocenters. The highest BCUT2D eigenvalue weighted by Gasteiger charge is 2.06. The van der Waals surface area contributed by atoms with E-state index in [4.69, 9.17) is 12.2 Å². The summed E-state index contributed by atoms with van der Waals surface area (Å²) < 4.78 is 0.